The molecule has 1 saturated heterocycles. The molecule has 1 aliphatic carbocycles. The first-order valence-corrected chi connectivity index (χ1v) is 10.0. The Bertz CT molecular complexity index is 999. The Kier molecular flexibility index (Phi) is 4.89. The third-order valence-corrected chi connectivity index (χ3v) is 5.77. The van der Waals surface area contributed by atoms with Gasteiger partial charge in [-0.05, 0) is 68.2 Å². The van der Waals surface area contributed by atoms with E-state index < -0.39 is 11.8 Å². The van der Waals surface area contributed by atoms with Crippen LogP contribution in [0.2, 0.25) is 0 Å². The van der Waals surface area contributed by atoms with Crippen LogP contribution in [0, 0.1) is 13.8 Å². The van der Waals surface area contributed by atoms with Crippen molar-refractivity contribution >= 4 is 40.9 Å². The van der Waals surface area contributed by atoms with Crippen molar-refractivity contribution in [1.82, 2.24) is 9.88 Å². The second kappa shape index (κ2) is 7.36. The lowest BCUT2D eigenvalue weighted by atomic mass is 10.1. The summed E-state index contributed by atoms with van der Waals surface area (Å²) < 4.78 is 2.19. The van der Waals surface area contributed by atoms with Crippen LogP contribution < -0.4 is 10.2 Å². The van der Waals surface area contributed by atoms with Gasteiger partial charge in [-0.15, -0.1) is 0 Å². The molecule has 2 amide bonds. The summed E-state index contributed by atoms with van der Waals surface area (Å²) in [6.07, 6.45) is 10.6. The number of aromatic nitrogens is 1. The van der Waals surface area contributed by atoms with E-state index in [4.69, 9.17) is 12.2 Å². The maximum atomic E-state index is 13.2. The molecular weight excluding hydrogens is 370 g/mol. The molecule has 1 aromatic heterocycles. The topological polar surface area (TPSA) is 54.3 Å². The summed E-state index contributed by atoms with van der Waals surface area (Å²) in [7, 11) is 0. The average Bonchev–Trinajstić information content (AvgIpc) is 3.31. The highest BCUT2D eigenvalue weighted by atomic mass is 32.1. The highest BCUT2D eigenvalue weighted by Crippen LogP contribution is 2.30. The summed E-state index contributed by atoms with van der Waals surface area (Å²) >= 11 is 5.29. The number of hydrogen-bond acceptors (Lipinski definition) is 3. The number of nitrogens with zero attached hydrogens (tertiary/aromatic N) is 2. The smallest absolute Gasteiger partial charge is 0.270 e. The fraction of sp³-hybridized carbons (Fsp3) is 0.318. The first-order chi connectivity index (χ1) is 13.4. The van der Waals surface area contributed by atoms with Crippen LogP contribution in [0.4, 0.5) is 5.69 Å². The molecule has 0 unspecified atom stereocenters. The highest BCUT2D eigenvalue weighted by molar-refractivity contribution is 7.80. The number of carbonyl (C=O) groups is 2. The zero-order valence-corrected chi connectivity index (χ0v) is 16.9. The van der Waals surface area contributed by atoms with Gasteiger partial charge in [0.15, 0.2) is 5.11 Å². The van der Waals surface area contributed by atoms with E-state index in [-0.39, 0.29) is 10.7 Å². The van der Waals surface area contributed by atoms with E-state index in [1.807, 2.05) is 50.5 Å². The summed E-state index contributed by atoms with van der Waals surface area (Å²) in [5.74, 6) is -0.848. The van der Waals surface area contributed by atoms with Crippen molar-refractivity contribution in [2.45, 2.75) is 45.6 Å². The molecular formula is C22H23N3O2S. The minimum Gasteiger partial charge on any atom is -0.351 e. The van der Waals surface area contributed by atoms with Crippen molar-refractivity contribution in [2.75, 3.05) is 4.90 Å². The van der Waals surface area contributed by atoms with Gasteiger partial charge in [0.2, 0.25) is 0 Å². The molecule has 1 saturated carbocycles. The second-order valence-corrected chi connectivity index (χ2v) is 7.96. The zero-order valence-electron chi connectivity index (χ0n) is 16.1. The molecule has 2 aromatic rings. The monoisotopic (exact) mass is 393 g/mol. The number of benzene rings is 1. The van der Waals surface area contributed by atoms with Gasteiger partial charge in [0.05, 0.1) is 5.69 Å². The Balaban J connectivity index is 1.66. The molecule has 0 atom stereocenters. The lowest BCUT2D eigenvalue weighted by molar-refractivity contribution is -0.122. The van der Waals surface area contributed by atoms with Crippen LogP contribution in [0.15, 0.2) is 42.2 Å². The van der Waals surface area contributed by atoms with E-state index >= 15 is 0 Å². The SMILES string of the molecule is Cc1ccc(N2C(=O)/C(=C\c3ccn(C4CCCC4)c3)C(=O)NC2=S)c(C)c1. The van der Waals surface area contributed by atoms with E-state index in [0.717, 1.165) is 16.7 Å². The van der Waals surface area contributed by atoms with Gasteiger partial charge in [-0.1, -0.05) is 30.5 Å². The van der Waals surface area contributed by atoms with Gasteiger partial charge in [-0.25, -0.2) is 0 Å². The average molecular weight is 394 g/mol. The van der Waals surface area contributed by atoms with Crippen molar-refractivity contribution in [3.8, 4) is 0 Å². The standard InChI is InChI=1S/C22H23N3O2S/c1-14-7-8-19(15(2)11-14)25-21(27)18(20(26)23-22(25)28)12-16-9-10-24(13-16)17-5-3-4-6-17/h7-13,17H,3-6H2,1-2H3,(H,23,26,28)/b18-12-. The highest BCUT2D eigenvalue weighted by Gasteiger charge is 2.35. The van der Waals surface area contributed by atoms with Gasteiger partial charge in [0, 0.05) is 18.4 Å². The third-order valence-electron chi connectivity index (χ3n) is 5.49. The Morgan fingerprint density at radius 3 is 2.61 bits per heavy atom. The lowest BCUT2D eigenvalue weighted by Crippen LogP contribution is -2.54. The molecule has 144 valence electrons. The normalized spacial score (nSPS) is 19.6. The van der Waals surface area contributed by atoms with E-state index in [1.165, 1.54) is 30.6 Å². The largest absolute Gasteiger partial charge is 0.351 e. The van der Waals surface area contributed by atoms with Crippen LogP contribution in [0.1, 0.15) is 48.4 Å². The van der Waals surface area contributed by atoms with Gasteiger partial charge in [-0.3, -0.25) is 19.8 Å². The van der Waals surface area contributed by atoms with E-state index in [2.05, 4.69) is 9.88 Å². The molecule has 2 aliphatic rings. The van der Waals surface area contributed by atoms with Gasteiger partial charge in [0.1, 0.15) is 5.57 Å². The molecule has 2 heterocycles. The first kappa shape index (κ1) is 18.6. The molecule has 2 fully saturated rings. The Labute approximate surface area is 170 Å². The summed E-state index contributed by atoms with van der Waals surface area (Å²) in [6, 6.07) is 8.25. The predicted molar refractivity (Wildman–Crippen MR) is 114 cm³/mol. The minimum absolute atomic E-state index is 0.0951. The van der Waals surface area contributed by atoms with E-state index in [9.17, 15) is 9.59 Å². The Hall–Kier alpha value is -2.73. The molecule has 1 N–H and O–H groups in total. The van der Waals surface area contributed by atoms with Crippen molar-refractivity contribution in [3.63, 3.8) is 0 Å². The number of rotatable bonds is 3. The van der Waals surface area contributed by atoms with Crippen LogP contribution in [0.3, 0.4) is 0 Å². The molecule has 28 heavy (non-hydrogen) atoms. The summed E-state index contributed by atoms with van der Waals surface area (Å²) in [6.45, 7) is 3.93. The van der Waals surface area contributed by atoms with Crippen molar-refractivity contribution < 1.29 is 9.59 Å². The fourth-order valence-electron chi connectivity index (χ4n) is 4.04. The van der Waals surface area contributed by atoms with Crippen molar-refractivity contribution in [1.29, 1.82) is 0 Å². The number of carbonyl (C=O) groups excluding carboxylic acids is 2. The van der Waals surface area contributed by atoms with Crippen molar-refractivity contribution in [3.05, 3.63) is 58.9 Å². The fourth-order valence-corrected chi connectivity index (χ4v) is 4.32. The molecule has 0 radical (unpaired) electrons. The quantitative estimate of drug-likeness (QED) is 0.486. The number of aryl methyl sites for hydroxylation is 2. The summed E-state index contributed by atoms with van der Waals surface area (Å²) in [5, 5.41) is 2.77. The van der Waals surface area contributed by atoms with Crippen molar-refractivity contribution in [2.24, 2.45) is 0 Å². The molecule has 1 aromatic carbocycles. The number of anilines is 1. The number of hydrogen-bond donors (Lipinski definition) is 1. The second-order valence-electron chi connectivity index (χ2n) is 7.58. The molecule has 6 heteroatoms. The first-order valence-electron chi connectivity index (χ1n) is 9.60. The number of nitrogens with one attached hydrogen (secondary N) is 1. The summed E-state index contributed by atoms with van der Waals surface area (Å²) in [4.78, 5) is 27.0. The van der Waals surface area contributed by atoms with Gasteiger partial charge in [0.25, 0.3) is 11.8 Å². The minimum atomic E-state index is -0.454. The number of thiocarbonyl (C=S) groups is 1. The Morgan fingerprint density at radius 2 is 1.89 bits per heavy atom. The van der Waals surface area contributed by atoms with E-state index in [0.29, 0.717) is 11.7 Å². The van der Waals surface area contributed by atoms with Gasteiger partial charge >= 0.3 is 0 Å². The zero-order chi connectivity index (χ0) is 19.8. The maximum absolute atomic E-state index is 13.2. The molecule has 4 rings (SSSR count). The van der Waals surface area contributed by atoms with E-state index in [1.54, 1.807) is 6.08 Å². The molecule has 5 nitrogen and oxygen atoms in total. The maximum Gasteiger partial charge on any atom is 0.270 e. The van der Waals surface area contributed by atoms with Crippen LogP contribution in [0.5, 0.6) is 0 Å². The van der Waals surface area contributed by atoms with Crippen LogP contribution in [0.25, 0.3) is 6.08 Å². The lowest BCUT2D eigenvalue weighted by Gasteiger charge is -2.30. The summed E-state index contributed by atoms with van der Waals surface area (Å²) in [5.41, 5.74) is 3.66. The number of amides is 2. The van der Waals surface area contributed by atoms with Gasteiger partial charge < -0.3 is 4.57 Å². The molecule has 0 bridgehead atoms. The third kappa shape index (κ3) is 3.40. The van der Waals surface area contributed by atoms with Gasteiger partial charge in [-0.2, -0.15) is 0 Å². The van der Waals surface area contributed by atoms with Crippen LogP contribution in [-0.2, 0) is 9.59 Å². The Morgan fingerprint density at radius 1 is 1.14 bits per heavy atom. The molecule has 0 spiro atoms. The predicted octanol–water partition coefficient (Wildman–Crippen LogP) is 4.05. The van der Waals surface area contributed by atoms with Crippen LogP contribution in [-0.4, -0.2) is 21.5 Å². The van der Waals surface area contributed by atoms with Crippen LogP contribution >= 0.6 is 12.2 Å². The molecule has 1 aliphatic heterocycles.